The first-order chi connectivity index (χ1) is 11.6. The molecule has 3 heterocycles. The maximum Gasteiger partial charge on any atom is 0.157 e. The van der Waals surface area contributed by atoms with Gasteiger partial charge in [-0.25, -0.2) is 9.37 Å². The molecule has 3 aromatic rings. The summed E-state index contributed by atoms with van der Waals surface area (Å²) < 4.78 is 20.7. The molecule has 124 valence electrons. The van der Waals surface area contributed by atoms with Gasteiger partial charge in [0, 0.05) is 30.9 Å². The van der Waals surface area contributed by atoms with Gasteiger partial charge in [0.15, 0.2) is 5.65 Å². The zero-order valence-electron chi connectivity index (χ0n) is 13.7. The number of anilines is 1. The fourth-order valence-corrected chi connectivity index (χ4v) is 2.95. The average molecular weight is 326 g/mol. The number of hydrogen-bond donors (Lipinski definition) is 0. The number of benzene rings is 1. The van der Waals surface area contributed by atoms with E-state index in [2.05, 4.69) is 21.0 Å². The molecular weight excluding hydrogens is 307 g/mol. The van der Waals surface area contributed by atoms with Crippen molar-refractivity contribution in [1.82, 2.24) is 14.6 Å². The van der Waals surface area contributed by atoms with Crippen molar-refractivity contribution in [2.24, 2.45) is 0 Å². The van der Waals surface area contributed by atoms with E-state index in [4.69, 9.17) is 4.74 Å². The fourth-order valence-electron chi connectivity index (χ4n) is 2.95. The van der Waals surface area contributed by atoms with Gasteiger partial charge in [0.05, 0.1) is 18.4 Å². The van der Waals surface area contributed by atoms with E-state index in [9.17, 15) is 4.39 Å². The monoisotopic (exact) mass is 326 g/mol. The molecule has 0 radical (unpaired) electrons. The van der Waals surface area contributed by atoms with Crippen LogP contribution in [0.15, 0.2) is 36.4 Å². The number of nitrogens with zero attached hydrogens (tertiary/aromatic N) is 4. The van der Waals surface area contributed by atoms with Gasteiger partial charge in [-0.15, -0.1) is 0 Å². The lowest BCUT2D eigenvalue weighted by atomic mass is 10.1. The van der Waals surface area contributed by atoms with Crippen molar-refractivity contribution in [2.75, 3.05) is 18.0 Å². The van der Waals surface area contributed by atoms with Crippen molar-refractivity contribution in [3.05, 3.63) is 59.2 Å². The van der Waals surface area contributed by atoms with E-state index >= 15 is 0 Å². The van der Waals surface area contributed by atoms with Gasteiger partial charge in [0.1, 0.15) is 11.6 Å². The Morgan fingerprint density at radius 3 is 2.62 bits per heavy atom. The minimum atomic E-state index is -0.222. The molecule has 0 bridgehead atoms. The molecule has 2 aromatic heterocycles. The summed E-state index contributed by atoms with van der Waals surface area (Å²) in [6, 6.07) is 10.5. The molecule has 0 atom stereocenters. The highest BCUT2D eigenvalue weighted by molar-refractivity contribution is 5.53. The number of aromatic nitrogens is 3. The van der Waals surface area contributed by atoms with Crippen LogP contribution in [0.2, 0.25) is 0 Å². The smallest absolute Gasteiger partial charge is 0.157 e. The topological polar surface area (TPSA) is 42.7 Å². The Hall–Kier alpha value is -2.47. The summed E-state index contributed by atoms with van der Waals surface area (Å²) in [6.45, 7) is 6.11. The van der Waals surface area contributed by atoms with Crippen LogP contribution in [-0.4, -0.2) is 33.8 Å². The van der Waals surface area contributed by atoms with E-state index < -0.39 is 0 Å². The maximum absolute atomic E-state index is 12.9. The first-order valence-corrected chi connectivity index (χ1v) is 8.03. The number of aryl methyl sites for hydroxylation is 2. The summed E-state index contributed by atoms with van der Waals surface area (Å²) in [5, 5.41) is 4.52. The Morgan fingerprint density at radius 1 is 1.12 bits per heavy atom. The molecule has 1 aromatic carbocycles. The van der Waals surface area contributed by atoms with Crippen LogP contribution in [-0.2, 0) is 11.3 Å². The number of halogens is 1. The van der Waals surface area contributed by atoms with Gasteiger partial charge in [0.25, 0.3) is 0 Å². The summed E-state index contributed by atoms with van der Waals surface area (Å²) in [4.78, 5) is 6.75. The van der Waals surface area contributed by atoms with E-state index in [1.54, 1.807) is 12.1 Å². The molecule has 0 unspecified atom stereocenters. The largest absolute Gasteiger partial charge is 0.370 e. The van der Waals surface area contributed by atoms with Crippen molar-refractivity contribution in [2.45, 2.75) is 26.6 Å². The predicted octanol–water partition coefficient (Wildman–Crippen LogP) is 2.89. The molecule has 1 saturated heterocycles. The van der Waals surface area contributed by atoms with Crippen molar-refractivity contribution in [3.8, 4) is 0 Å². The summed E-state index contributed by atoms with van der Waals surface area (Å²) in [6.07, 6.45) is 0.176. The minimum absolute atomic E-state index is 0.176. The second-order valence-corrected chi connectivity index (χ2v) is 6.28. The molecule has 1 aliphatic rings. The van der Waals surface area contributed by atoms with Gasteiger partial charge in [-0.05, 0) is 31.5 Å². The first kappa shape index (κ1) is 15.1. The van der Waals surface area contributed by atoms with Crippen LogP contribution in [0, 0.1) is 19.7 Å². The zero-order chi connectivity index (χ0) is 16.7. The Morgan fingerprint density at radius 2 is 1.88 bits per heavy atom. The van der Waals surface area contributed by atoms with E-state index in [0.717, 1.165) is 41.5 Å². The van der Waals surface area contributed by atoms with E-state index in [-0.39, 0.29) is 11.9 Å². The van der Waals surface area contributed by atoms with E-state index in [0.29, 0.717) is 6.61 Å². The molecule has 1 aliphatic heterocycles. The Bertz CT molecular complexity index is 869. The lowest BCUT2D eigenvalue weighted by molar-refractivity contribution is 0.0219. The second-order valence-electron chi connectivity index (χ2n) is 6.28. The van der Waals surface area contributed by atoms with Crippen LogP contribution in [0.5, 0.6) is 0 Å². The molecule has 5 nitrogen and oxygen atoms in total. The maximum atomic E-state index is 12.9. The quantitative estimate of drug-likeness (QED) is 0.739. The van der Waals surface area contributed by atoms with Crippen LogP contribution in [0.1, 0.15) is 17.0 Å². The molecule has 0 saturated carbocycles. The lowest BCUT2D eigenvalue weighted by Crippen LogP contribution is -2.53. The Labute approximate surface area is 139 Å². The van der Waals surface area contributed by atoms with Crippen LogP contribution >= 0.6 is 0 Å². The van der Waals surface area contributed by atoms with Gasteiger partial charge in [0.2, 0.25) is 0 Å². The van der Waals surface area contributed by atoms with Crippen LogP contribution < -0.4 is 4.90 Å². The van der Waals surface area contributed by atoms with E-state index in [1.165, 1.54) is 12.1 Å². The Kier molecular flexibility index (Phi) is 3.69. The number of hydrogen-bond acceptors (Lipinski definition) is 4. The van der Waals surface area contributed by atoms with Crippen LogP contribution in [0.3, 0.4) is 0 Å². The average Bonchev–Trinajstić information content (AvgIpc) is 2.87. The highest BCUT2D eigenvalue weighted by Gasteiger charge is 2.29. The molecular formula is C18H19FN4O. The summed E-state index contributed by atoms with van der Waals surface area (Å²) >= 11 is 0. The number of rotatable bonds is 4. The third kappa shape index (κ3) is 2.85. The van der Waals surface area contributed by atoms with Crippen molar-refractivity contribution in [3.63, 3.8) is 0 Å². The zero-order valence-corrected chi connectivity index (χ0v) is 13.7. The highest BCUT2D eigenvalue weighted by atomic mass is 19.1. The summed E-state index contributed by atoms with van der Waals surface area (Å²) in [5.41, 5.74) is 3.80. The highest BCUT2D eigenvalue weighted by Crippen LogP contribution is 2.24. The standard InChI is InChI=1S/C18H19FN4O/c1-12-8-18(23-17(20-12)7-13(2)21-23)22-9-16(10-22)24-11-14-3-5-15(19)6-4-14/h3-8,16H,9-11H2,1-2H3. The molecule has 0 spiro atoms. The second kappa shape index (κ2) is 5.87. The molecule has 0 N–H and O–H groups in total. The first-order valence-electron chi connectivity index (χ1n) is 8.03. The normalized spacial score (nSPS) is 15.0. The van der Waals surface area contributed by atoms with Gasteiger partial charge < -0.3 is 9.64 Å². The van der Waals surface area contributed by atoms with Crippen molar-refractivity contribution >= 4 is 11.5 Å². The molecule has 4 rings (SSSR count). The molecule has 1 fully saturated rings. The van der Waals surface area contributed by atoms with Gasteiger partial charge >= 0.3 is 0 Å². The third-order valence-corrected chi connectivity index (χ3v) is 4.23. The predicted molar refractivity (Wildman–Crippen MR) is 89.7 cm³/mol. The molecule has 24 heavy (non-hydrogen) atoms. The molecule has 6 heteroatoms. The molecule has 0 aliphatic carbocycles. The third-order valence-electron chi connectivity index (χ3n) is 4.23. The van der Waals surface area contributed by atoms with Crippen LogP contribution in [0.4, 0.5) is 10.2 Å². The minimum Gasteiger partial charge on any atom is -0.370 e. The van der Waals surface area contributed by atoms with Gasteiger partial charge in [-0.1, -0.05) is 12.1 Å². The number of fused-ring (bicyclic) bond motifs is 1. The summed E-state index contributed by atoms with van der Waals surface area (Å²) in [5.74, 6) is 0.826. The van der Waals surface area contributed by atoms with Gasteiger partial charge in [-0.3, -0.25) is 0 Å². The van der Waals surface area contributed by atoms with Crippen LogP contribution in [0.25, 0.3) is 5.65 Å². The Balaban J connectivity index is 1.41. The molecule has 0 amide bonds. The fraction of sp³-hybridized carbons (Fsp3) is 0.333. The number of ether oxygens (including phenoxy) is 1. The van der Waals surface area contributed by atoms with Crippen molar-refractivity contribution in [1.29, 1.82) is 0 Å². The summed E-state index contributed by atoms with van der Waals surface area (Å²) in [7, 11) is 0. The lowest BCUT2D eigenvalue weighted by Gasteiger charge is -2.40. The van der Waals surface area contributed by atoms with Gasteiger partial charge in [-0.2, -0.15) is 9.61 Å². The SMILES string of the molecule is Cc1cc(N2CC(OCc3ccc(F)cc3)C2)n2nc(C)cc2n1. The van der Waals surface area contributed by atoms with E-state index in [1.807, 2.05) is 24.4 Å². The van der Waals surface area contributed by atoms with Crippen molar-refractivity contribution < 1.29 is 9.13 Å².